The summed E-state index contributed by atoms with van der Waals surface area (Å²) >= 11 is 0. The van der Waals surface area contributed by atoms with Crippen molar-refractivity contribution in [2.75, 3.05) is 0 Å². The lowest BCUT2D eigenvalue weighted by Crippen LogP contribution is -1.89. The Morgan fingerprint density at radius 2 is 1.67 bits per heavy atom. The van der Waals surface area contributed by atoms with Gasteiger partial charge in [-0.15, -0.1) is 0 Å². The summed E-state index contributed by atoms with van der Waals surface area (Å²) in [5.41, 5.74) is 0.767. The van der Waals surface area contributed by atoms with Crippen molar-refractivity contribution in [2.45, 2.75) is 39.2 Å². The molecule has 0 saturated carbocycles. The van der Waals surface area contributed by atoms with Gasteiger partial charge >= 0.3 is 0 Å². The molecule has 0 aliphatic rings. The minimum atomic E-state index is -0.318. The number of benzene rings is 1. The summed E-state index contributed by atoms with van der Waals surface area (Å²) in [7, 11) is 0. The monoisotopic (exact) mass is 288 g/mol. The van der Waals surface area contributed by atoms with Gasteiger partial charge in [-0.25, -0.2) is 0 Å². The number of phenolic OH excluding ortho intramolecular Hbond substituents is 1. The van der Waals surface area contributed by atoms with Gasteiger partial charge in [0.25, 0.3) is 0 Å². The van der Waals surface area contributed by atoms with Gasteiger partial charge in [0.2, 0.25) is 0 Å². The molecule has 1 rings (SSSR count). The summed E-state index contributed by atoms with van der Waals surface area (Å²) < 4.78 is 0. The first kappa shape index (κ1) is 17.1. The van der Waals surface area contributed by atoms with Crippen LogP contribution >= 0.6 is 0 Å². The quantitative estimate of drug-likeness (QED) is 0.380. The van der Waals surface area contributed by atoms with Gasteiger partial charge in [-0.1, -0.05) is 56.2 Å². The van der Waals surface area contributed by atoms with Gasteiger partial charge in [0.05, 0.1) is 6.61 Å². The fourth-order valence-corrected chi connectivity index (χ4v) is 1.96. The van der Waals surface area contributed by atoms with Crippen LogP contribution in [0.25, 0.3) is 6.08 Å². The van der Waals surface area contributed by atoms with Crippen molar-refractivity contribution < 1.29 is 15.3 Å². The Bertz CT molecular complexity index is 513. The number of phenols is 2. The van der Waals surface area contributed by atoms with E-state index in [1.807, 2.05) is 18.2 Å². The molecule has 0 aliphatic carbocycles. The van der Waals surface area contributed by atoms with Crippen LogP contribution < -0.4 is 0 Å². The first-order valence-electron chi connectivity index (χ1n) is 7.35. The molecule has 114 valence electrons. The summed E-state index contributed by atoms with van der Waals surface area (Å²) in [6.45, 7) is 1.87. The Morgan fingerprint density at radius 3 is 2.38 bits per heavy atom. The lowest BCUT2D eigenvalue weighted by Gasteiger charge is -2.07. The molecular formula is C18H24O3. The maximum atomic E-state index is 9.76. The molecule has 3 N–H and O–H groups in total. The molecule has 3 nitrogen and oxygen atoms in total. The van der Waals surface area contributed by atoms with Crippen LogP contribution in [0.5, 0.6) is 11.5 Å². The fourth-order valence-electron chi connectivity index (χ4n) is 1.96. The number of aliphatic hydroxyl groups is 1. The number of allylic oxidation sites excluding steroid dienone is 5. The number of unbranched alkanes of at least 4 members (excludes halogenated alkanes) is 3. The van der Waals surface area contributed by atoms with E-state index in [0.717, 1.165) is 6.42 Å². The van der Waals surface area contributed by atoms with E-state index in [-0.39, 0.29) is 18.1 Å². The molecule has 0 unspecified atom stereocenters. The number of hydrogen-bond acceptors (Lipinski definition) is 3. The molecule has 0 spiro atoms. The van der Waals surface area contributed by atoms with E-state index in [1.165, 1.54) is 31.4 Å². The molecule has 0 fully saturated rings. The highest BCUT2D eigenvalue weighted by molar-refractivity contribution is 5.64. The molecule has 0 amide bonds. The molecule has 0 radical (unpaired) electrons. The van der Waals surface area contributed by atoms with Crippen LogP contribution in [-0.2, 0) is 6.61 Å². The van der Waals surface area contributed by atoms with Gasteiger partial charge in [0.15, 0.2) is 0 Å². The van der Waals surface area contributed by atoms with E-state index >= 15 is 0 Å². The Morgan fingerprint density at radius 1 is 0.952 bits per heavy atom. The van der Waals surface area contributed by atoms with E-state index in [9.17, 15) is 15.3 Å². The second-order valence-corrected chi connectivity index (χ2v) is 4.82. The first-order valence-corrected chi connectivity index (χ1v) is 7.35. The summed E-state index contributed by atoms with van der Waals surface area (Å²) in [4.78, 5) is 0. The fraction of sp³-hybridized carbons (Fsp3) is 0.333. The first-order chi connectivity index (χ1) is 10.2. The van der Waals surface area contributed by atoms with Gasteiger partial charge < -0.3 is 15.3 Å². The molecule has 1 aromatic rings. The Hall–Kier alpha value is -2.00. The molecule has 1 aromatic carbocycles. The van der Waals surface area contributed by atoms with Gasteiger partial charge in [0, 0.05) is 11.1 Å². The van der Waals surface area contributed by atoms with Gasteiger partial charge in [-0.05, 0) is 25.0 Å². The molecule has 0 aliphatic heterocycles. The standard InChI is InChI=1S/C18H24O3/c1-2-3-4-5-6-7-8-9-10-11-15-16(14-19)18(21)13-12-17(15)20/h6-13,19-21H,2-5,14H2,1H3/b7-6+,9-8+,11-10+. The molecule has 0 heterocycles. The van der Waals surface area contributed by atoms with Gasteiger partial charge in [-0.2, -0.15) is 0 Å². The van der Waals surface area contributed by atoms with Gasteiger partial charge in [-0.3, -0.25) is 0 Å². The average Bonchev–Trinajstić information content (AvgIpc) is 2.49. The van der Waals surface area contributed by atoms with Gasteiger partial charge in [0.1, 0.15) is 11.5 Å². The van der Waals surface area contributed by atoms with Crippen molar-refractivity contribution in [3.63, 3.8) is 0 Å². The zero-order chi connectivity index (χ0) is 15.5. The number of rotatable bonds is 8. The van der Waals surface area contributed by atoms with Crippen molar-refractivity contribution in [2.24, 2.45) is 0 Å². The smallest absolute Gasteiger partial charge is 0.123 e. The summed E-state index contributed by atoms with van der Waals surface area (Å²) in [5, 5.41) is 28.6. The third kappa shape index (κ3) is 5.88. The van der Waals surface area contributed by atoms with E-state index in [4.69, 9.17) is 0 Å². The summed E-state index contributed by atoms with van der Waals surface area (Å²) in [5.74, 6) is 0.0198. The minimum Gasteiger partial charge on any atom is -0.508 e. The van der Waals surface area contributed by atoms with Crippen molar-refractivity contribution in [1.29, 1.82) is 0 Å². The van der Waals surface area contributed by atoms with Crippen LogP contribution in [0.15, 0.2) is 42.5 Å². The zero-order valence-electron chi connectivity index (χ0n) is 12.5. The average molecular weight is 288 g/mol. The highest BCUT2D eigenvalue weighted by atomic mass is 16.3. The molecule has 21 heavy (non-hydrogen) atoms. The van der Waals surface area contributed by atoms with Crippen LogP contribution in [-0.4, -0.2) is 15.3 Å². The largest absolute Gasteiger partial charge is 0.508 e. The van der Waals surface area contributed by atoms with E-state index in [2.05, 4.69) is 13.0 Å². The van der Waals surface area contributed by atoms with E-state index in [1.54, 1.807) is 12.2 Å². The number of aliphatic hydroxyl groups excluding tert-OH is 1. The maximum Gasteiger partial charge on any atom is 0.123 e. The van der Waals surface area contributed by atoms with Crippen molar-refractivity contribution >= 4 is 6.08 Å². The second-order valence-electron chi connectivity index (χ2n) is 4.82. The molecular weight excluding hydrogens is 264 g/mol. The Kier molecular flexibility index (Phi) is 7.99. The molecule has 0 atom stereocenters. The molecule has 0 saturated heterocycles. The Balaban J connectivity index is 2.59. The van der Waals surface area contributed by atoms with E-state index < -0.39 is 0 Å². The van der Waals surface area contributed by atoms with Crippen LogP contribution in [0, 0.1) is 0 Å². The summed E-state index contributed by atoms with van der Waals surface area (Å²) in [6.07, 6.45) is 16.1. The van der Waals surface area contributed by atoms with Crippen LogP contribution in [0.4, 0.5) is 0 Å². The number of aromatic hydroxyl groups is 2. The van der Waals surface area contributed by atoms with Crippen LogP contribution in [0.2, 0.25) is 0 Å². The minimum absolute atomic E-state index is 0.0188. The number of hydrogen-bond donors (Lipinski definition) is 3. The topological polar surface area (TPSA) is 60.7 Å². The van der Waals surface area contributed by atoms with Crippen molar-refractivity contribution in [3.05, 3.63) is 53.6 Å². The maximum absolute atomic E-state index is 9.76. The van der Waals surface area contributed by atoms with Crippen molar-refractivity contribution in [1.82, 2.24) is 0 Å². The third-order valence-electron chi connectivity index (χ3n) is 3.17. The predicted octanol–water partition coefficient (Wildman–Crippen LogP) is 4.30. The third-order valence-corrected chi connectivity index (χ3v) is 3.17. The SMILES string of the molecule is CCCCC/C=C/C=C/C=C/c1c(O)ccc(O)c1CO. The van der Waals surface area contributed by atoms with E-state index in [0.29, 0.717) is 11.1 Å². The lowest BCUT2D eigenvalue weighted by atomic mass is 10.1. The summed E-state index contributed by atoms with van der Waals surface area (Å²) in [6, 6.07) is 2.78. The Labute approximate surface area is 126 Å². The lowest BCUT2D eigenvalue weighted by molar-refractivity contribution is 0.274. The highest BCUT2D eigenvalue weighted by Crippen LogP contribution is 2.30. The van der Waals surface area contributed by atoms with Crippen LogP contribution in [0.1, 0.15) is 43.7 Å². The highest BCUT2D eigenvalue weighted by Gasteiger charge is 2.08. The van der Waals surface area contributed by atoms with Crippen molar-refractivity contribution in [3.8, 4) is 11.5 Å². The zero-order valence-corrected chi connectivity index (χ0v) is 12.5. The molecule has 3 heteroatoms. The second kappa shape index (κ2) is 9.83. The molecule has 0 bridgehead atoms. The predicted molar refractivity (Wildman–Crippen MR) is 87.2 cm³/mol. The van der Waals surface area contributed by atoms with Crippen LogP contribution in [0.3, 0.4) is 0 Å². The molecule has 0 aromatic heterocycles. The normalized spacial score (nSPS) is 12.1.